The van der Waals surface area contributed by atoms with Crippen molar-refractivity contribution >= 4 is 54.8 Å². The number of hydrogen-bond donors (Lipinski definition) is 3. The van der Waals surface area contributed by atoms with Gasteiger partial charge in [-0.1, -0.05) is 0 Å². The Bertz CT molecular complexity index is 683. The molecule has 0 saturated carbocycles. The first-order valence-electron chi connectivity index (χ1n) is 9.23. The number of thioether (sulfide) groups is 2. The number of aliphatic hydroxyl groups is 1. The number of nitrogens with zero attached hydrogens (tertiary/aromatic N) is 1. The van der Waals surface area contributed by atoms with Gasteiger partial charge in [-0.05, 0) is 12.8 Å². The molecule has 1 rings (SSSR count). The Morgan fingerprint density at radius 3 is 2.27 bits per heavy atom. The maximum absolute atomic E-state index is 13.2. The average molecular weight is 484 g/mol. The molecule has 0 radical (unpaired) electrons. The van der Waals surface area contributed by atoms with Gasteiger partial charge in [0.1, 0.15) is 0 Å². The Labute approximate surface area is 182 Å². The summed E-state index contributed by atoms with van der Waals surface area (Å²) in [5, 5.41) is 26.5. The van der Waals surface area contributed by atoms with Crippen LogP contribution in [0.2, 0.25) is 0 Å². The van der Waals surface area contributed by atoms with Gasteiger partial charge in [0.25, 0.3) is 11.8 Å². The van der Waals surface area contributed by atoms with Crippen LogP contribution < -0.4 is 0 Å². The summed E-state index contributed by atoms with van der Waals surface area (Å²) in [7, 11) is -3.81. The Hall–Kier alpha value is -1.33. The van der Waals surface area contributed by atoms with Crippen molar-refractivity contribution in [3.8, 4) is 0 Å². The highest BCUT2D eigenvalue weighted by Crippen LogP contribution is 2.53. The lowest BCUT2D eigenvalue weighted by Crippen LogP contribution is -2.29. The standard InChI is InChI=1S/C17H26NO9PS2/c19-7-8-27-28(26,18-14(20)3-4-15(18)21)9-1-2-13(30-11-6-17(24)25)12-29-10-5-16(22)23/h3-4,13,19H,1-2,5-12H2,(H,22,23)(H,24,25). The summed E-state index contributed by atoms with van der Waals surface area (Å²) in [4.78, 5) is 45.2. The van der Waals surface area contributed by atoms with Crippen LogP contribution in [0.5, 0.6) is 0 Å². The van der Waals surface area contributed by atoms with Crippen molar-refractivity contribution in [3.63, 3.8) is 0 Å². The van der Waals surface area contributed by atoms with Crippen molar-refractivity contribution < 1.29 is 43.6 Å². The lowest BCUT2D eigenvalue weighted by Gasteiger charge is -2.26. The van der Waals surface area contributed by atoms with Gasteiger partial charge in [0.2, 0.25) is 0 Å². The number of hydrogen-bond acceptors (Lipinski definition) is 9. The normalized spacial score (nSPS) is 16.6. The molecular formula is C17H26NO9PS2. The van der Waals surface area contributed by atoms with Crippen molar-refractivity contribution in [2.24, 2.45) is 0 Å². The van der Waals surface area contributed by atoms with E-state index >= 15 is 0 Å². The van der Waals surface area contributed by atoms with E-state index < -0.39 is 37.9 Å². The van der Waals surface area contributed by atoms with Gasteiger partial charge in [0, 0.05) is 40.8 Å². The molecule has 0 aromatic rings. The summed E-state index contributed by atoms with van der Waals surface area (Å²) in [6.45, 7) is -0.697. The van der Waals surface area contributed by atoms with Crippen LogP contribution in [0, 0.1) is 0 Å². The Balaban J connectivity index is 2.66. The van der Waals surface area contributed by atoms with E-state index in [0.29, 0.717) is 34.8 Å². The predicted molar refractivity (Wildman–Crippen MR) is 114 cm³/mol. The third kappa shape index (κ3) is 9.65. The van der Waals surface area contributed by atoms with E-state index in [1.165, 1.54) is 23.5 Å². The van der Waals surface area contributed by atoms with Crippen molar-refractivity contribution in [3.05, 3.63) is 12.2 Å². The molecule has 1 aliphatic heterocycles. The maximum atomic E-state index is 13.2. The number of carbonyl (C=O) groups is 4. The van der Waals surface area contributed by atoms with Crippen LogP contribution in [-0.2, 0) is 28.3 Å². The second kappa shape index (κ2) is 13.9. The molecule has 0 aromatic heterocycles. The molecule has 0 bridgehead atoms. The van der Waals surface area contributed by atoms with Crippen LogP contribution in [0.15, 0.2) is 12.2 Å². The molecule has 2 amide bonds. The van der Waals surface area contributed by atoms with Gasteiger partial charge in [-0.2, -0.15) is 23.5 Å². The topological polar surface area (TPSA) is 159 Å². The number of amides is 2. The lowest BCUT2D eigenvalue weighted by molar-refractivity contribution is -0.137. The van der Waals surface area contributed by atoms with E-state index in [1.807, 2.05) is 0 Å². The minimum atomic E-state index is -3.81. The van der Waals surface area contributed by atoms with Gasteiger partial charge in [0.05, 0.1) is 26.1 Å². The van der Waals surface area contributed by atoms with Crippen LogP contribution >= 0.6 is 31.0 Å². The second-order valence-corrected chi connectivity index (χ2v) is 11.2. The van der Waals surface area contributed by atoms with E-state index in [4.69, 9.17) is 19.8 Å². The number of carboxylic acid groups (broad SMARTS) is 2. The SMILES string of the molecule is O=C(O)CCSCC(CCCP(=O)(OCCO)N1C(=O)C=CC1=O)SCCC(=O)O. The zero-order valence-corrected chi connectivity index (χ0v) is 18.8. The van der Waals surface area contributed by atoms with Crippen LogP contribution in [0.1, 0.15) is 25.7 Å². The van der Waals surface area contributed by atoms with E-state index in [1.54, 1.807) is 0 Å². The molecule has 10 nitrogen and oxygen atoms in total. The zero-order valence-electron chi connectivity index (χ0n) is 16.3. The van der Waals surface area contributed by atoms with Crippen LogP contribution in [0.3, 0.4) is 0 Å². The van der Waals surface area contributed by atoms with Gasteiger partial charge in [-0.25, -0.2) is 4.67 Å². The highest BCUT2D eigenvalue weighted by atomic mass is 32.2. The minimum absolute atomic E-state index is 0.0124. The number of rotatable bonds is 17. The van der Waals surface area contributed by atoms with E-state index in [0.717, 1.165) is 12.2 Å². The Morgan fingerprint density at radius 1 is 1.10 bits per heavy atom. The predicted octanol–water partition coefficient (Wildman–Crippen LogP) is 1.68. The van der Waals surface area contributed by atoms with E-state index in [9.17, 15) is 23.7 Å². The maximum Gasteiger partial charge on any atom is 0.305 e. The number of carboxylic acids is 2. The number of imide groups is 1. The summed E-state index contributed by atoms with van der Waals surface area (Å²) in [5.74, 6) is -1.87. The summed E-state index contributed by atoms with van der Waals surface area (Å²) >= 11 is 2.87. The first-order valence-corrected chi connectivity index (χ1v) is 13.2. The minimum Gasteiger partial charge on any atom is -0.481 e. The van der Waals surface area contributed by atoms with Crippen molar-refractivity contribution in [2.45, 2.75) is 30.9 Å². The molecular weight excluding hydrogens is 457 g/mol. The molecule has 3 N–H and O–H groups in total. The summed E-state index contributed by atoms with van der Waals surface area (Å²) in [6.07, 6.45) is 2.81. The monoisotopic (exact) mass is 483 g/mol. The highest BCUT2D eigenvalue weighted by molar-refractivity contribution is 8.03. The van der Waals surface area contributed by atoms with Crippen molar-refractivity contribution in [1.29, 1.82) is 0 Å². The van der Waals surface area contributed by atoms with Gasteiger partial charge < -0.3 is 19.8 Å². The zero-order chi connectivity index (χ0) is 22.6. The fraction of sp³-hybridized carbons (Fsp3) is 0.647. The quantitative estimate of drug-likeness (QED) is 0.157. The number of aliphatic carboxylic acids is 2. The summed E-state index contributed by atoms with van der Waals surface area (Å²) in [6, 6.07) is 0. The number of carbonyl (C=O) groups excluding carboxylic acids is 2. The molecule has 0 aromatic carbocycles. The van der Waals surface area contributed by atoms with Gasteiger partial charge in [-0.3, -0.25) is 23.7 Å². The molecule has 1 heterocycles. The lowest BCUT2D eigenvalue weighted by atomic mass is 10.3. The smallest absolute Gasteiger partial charge is 0.305 e. The first kappa shape index (κ1) is 26.7. The fourth-order valence-corrected chi connectivity index (χ4v) is 7.19. The van der Waals surface area contributed by atoms with Crippen LogP contribution in [0.25, 0.3) is 0 Å². The molecule has 2 atom stereocenters. The van der Waals surface area contributed by atoms with Gasteiger partial charge in [-0.15, -0.1) is 0 Å². The highest BCUT2D eigenvalue weighted by Gasteiger charge is 2.41. The largest absolute Gasteiger partial charge is 0.481 e. The van der Waals surface area contributed by atoms with Crippen molar-refractivity contribution in [1.82, 2.24) is 4.67 Å². The molecule has 0 fully saturated rings. The molecule has 1 aliphatic rings. The molecule has 0 spiro atoms. The summed E-state index contributed by atoms with van der Waals surface area (Å²) < 4.78 is 19.0. The first-order chi connectivity index (χ1) is 14.2. The third-order valence-electron chi connectivity index (χ3n) is 3.88. The number of aliphatic hydroxyl groups excluding tert-OH is 1. The molecule has 2 unspecified atom stereocenters. The Morgan fingerprint density at radius 2 is 1.70 bits per heavy atom. The van der Waals surface area contributed by atoms with E-state index in [-0.39, 0.29) is 30.9 Å². The third-order valence-corrected chi connectivity index (χ3v) is 9.00. The fourth-order valence-electron chi connectivity index (χ4n) is 2.52. The molecule has 170 valence electrons. The van der Waals surface area contributed by atoms with Gasteiger partial charge >= 0.3 is 19.5 Å². The molecule has 0 saturated heterocycles. The second-order valence-electron chi connectivity index (χ2n) is 6.24. The molecule has 13 heteroatoms. The van der Waals surface area contributed by atoms with Crippen LogP contribution in [-0.4, -0.2) is 85.6 Å². The van der Waals surface area contributed by atoms with Crippen LogP contribution in [0.4, 0.5) is 0 Å². The van der Waals surface area contributed by atoms with E-state index in [2.05, 4.69) is 0 Å². The molecule has 0 aliphatic carbocycles. The van der Waals surface area contributed by atoms with Crippen molar-refractivity contribution in [2.75, 3.05) is 36.6 Å². The summed E-state index contributed by atoms with van der Waals surface area (Å²) in [5.41, 5.74) is 0. The molecule has 30 heavy (non-hydrogen) atoms. The average Bonchev–Trinajstić information content (AvgIpc) is 3.01. The Kier molecular flexibility index (Phi) is 12.3. The van der Waals surface area contributed by atoms with Gasteiger partial charge in [0.15, 0.2) is 0 Å².